The third-order valence-electron chi connectivity index (χ3n) is 3.98. The Balaban J connectivity index is 1.76. The van der Waals surface area contributed by atoms with E-state index in [4.69, 9.17) is 4.52 Å². The van der Waals surface area contributed by atoms with Crippen LogP contribution in [-0.4, -0.2) is 41.1 Å². The maximum atomic E-state index is 12.5. The van der Waals surface area contributed by atoms with E-state index >= 15 is 0 Å². The van der Waals surface area contributed by atoms with E-state index in [-0.39, 0.29) is 31.2 Å². The van der Waals surface area contributed by atoms with Crippen LogP contribution in [0.4, 0.5) is 0 Å². The molecule has 1 aromatic carbocycles. The lowest BCUT2D eigenvalue weighted by atomic mass is 10.0. The normalized spacial score (nSPS) is 22.5. The largest absolute Gasteiger partial charge is 0.379 e. The summed E-state index contributed by atoms with van der Waals surface area (Å²) in [5.41, 5.74) is -0.696. The molecule has 1 fully saturated rings. The van der Waals surface area contributed by atoms with Crippen molar-refractivity contribution >= 4 is 10.0 Å². The Bertz CT molecular complexity index is 775. The summed E-state index contributed by atoms with van der Waals surface area (Å²) < 4.78 is 31.4. The fourth-order valence-corrected chi connectivity index (χ4v) is 4.21. The van der Waals surface area contributed by atoms with Crippen molar-refractivity contribution < 1.29 is 18.0 Å². The molecular weight excluding hydrogens is 318 g/mol. The van der Waals surface area contributed by atoms with Gasteiger partial charge >= 0.3 is 0 Å². The van der Waals surface area contributed by atoms with E-state index in [1.54, 1.807) is 24.3 Å². The minimum Gasteiger partial charge on any atom is -0.379 e. The second kappa shape index (κ2) is 6.03. The lowest BCUT2D eigenvalue weighted by Crippen LogP contribution is -2.35. The van der Waals surface area contributed by atoms with Crippen molar-refractivity contribution in [2.75, 3.05) is 13.1 Å². The van der Waals surface area contributed by atoms with Crippen LogP contribution in [0.1, 0.15) is 30.6 Å². The number of sulfonamides is 1. The summed E-state index contributed by atoms with van der Waals surface area (Å²) in [6.07, 6.45) is 0.835. The predicted molar refractivity (Wildman–Crippen MR) is 82.8 cm³/mol. The van der Waals surface area contributed by atoms with Gasteiger partial charge in [-0.3, -0.25) is 0 Å². The highest BCUT2D eigenvalue weighted by Gasteiger charge is 2.46. The molecule has 0 saturated carbocycles. The van der Waals surface area contributed by atoms with Crippen LogP contribution in [0.2, 0.25) is 0 Å². The first-order valence-corrected chi connectivity index (χ1v) is 9.11. The smallest absolute Gasteiger partial charge is 0.260 e. The zero-order valence-corrected chi connectivity index (χ0v) is 13.7. The van der Waals surface area contributed by atoms with E-state index in [1.165, 1.54) is 4.31 Å². The van der Waals surface area contributed by atoms with Gasteiger partial charge in [-0.2, -0.15) is 9.29 Å². The van der Waals surface area contributed by atoms with Gasteiger partial charge in [-0.1, -0.05) is 42.4 Å². The van der Waals surface area contributed by atoms with Crippen molar-refractivity contribution in [2.24, 2.45) is 0 Å². The average Bonchev–Trinajstić information content (AvgIpc) is 3.15. The third-order valence-corrected chi connectivity index (χ3v) is 5.78. The molecule has 0 unspecified atom stereocenters. The molecule has 0 spiro atoms. The second-order valence-corrected chi connectivity index (χ2v) is 7.70. The Labute approximate surface area is 135 Å². The molecule has 0 amide bonds. The summed E-state index contributed by atoms with van der Waals surface area (Å²) in [4.78, 5) is 4.13. The number of hydrogen-bond donors (Lipinski definition) is 1. The van der Waals surface area contributed by atoms with Crippen LogP contribution >= 0.6 is 0 Å². The van der Waals surface area contributed by atoms with Gasteiger partial charge in [0.25, 0.3) is 5.89 Å². The second-order valence-electron chi connectivity index (χ2n) is 5.73. The Morgan fingerprint density at radius 3 is 2.74 bits per heavy atom. The van der Waals surface area contributed by atoms with Crippen molar-refractivity contribution in [3.63, 3.8) is 0 Å². The molecule has 0 aliphatic carbocycles. The number of aliphatic hydroxyl groups is 1. The number of rotatable bonds is 5. The Kier molecular flexibility index (Phi) is 4.22. The molecule has 3 rings (SSSR count). The Morgan fingerprint density at radius 1 is 1.35 bits per heavy atom. The van der Waals surface area contributed by atoms with Crippen molar-refractivity contribution in [2.45, 2.75) is 31.1 Å². The highest BCUT2D eigenvalue weighted by atomic mass is 32.2. The standard InChI is InChI=1S/C15H19N3O4S/c1-2-13-16-14(22-17-13)15(19)8-9-18(11-15)23(20,21)10-12-6-4-3-5-7-12/h3-7,19H,2,8-11H2,1H3/t15-/m0/s1. The number of hydrogen-bond acceptors (Lipinski definition) is 6. The molecule has 1 aliphatic rings. The molecule has 1 aliphatic heterocycles. The summed E-state index contributed by atoms with van der Waals surface area (Å²) in [5.74, 6) is 0.499. The first-order chi connectivity index (χ1) is 10.9. The lowest BCUT2D eigenvalue weighted by Gasteiger charge is -2.19. The summed E-state index contributed by atoms with van der Waals surface area (Å²) >= 11 is 0. The molecule has 2 aromatic rings. The van der Waals surface area contributed by atoms with Gasteiger partial charge in [-0.15, -0.1) is 0 Å². The fourth-order valence-electron chi connectivity index (χ4n) is 2.63. The summed E-state index contributed by atoms with van der Waals surface area (Å²) in [7, 11) is -3.51. The maximum Gasteiger partial charge on any atom is 0.260 e. The van der Waals surface area contributed by atoms with Crippen LogP contribution in [0.15, 0.2) is 34.9 Å². The molecule has 2 heterocycles. The van der Waals surface area contributed by atoms with Gasteiger partial charge in [0, 0.05) is 19.4 Å². The molecule has 23 heavy (non-hydrogen) atoms. The first-order valence-electron chi connectivity index (χ1n) is 7.50. The van der Waals surface area contributed by atoms with Crippen molar-refractivity contribution in [3.05, 3.63) is 47.6 Å². The minimum absolute atomic E-state index is 0.0620. The maximum absolute atomic E-state index is 12.5. The van der Waals surface area contributed by atoms with Gasteiger partial charge in [0.2, 0.25) is 10.0 Å². The van der Waals surface area contributed by atoms with Crippen LogP contribution in [0.25, 0.3) is 0 Å². The van der Waals surface area contributed by atoms with E-state index in [9.17, 15) is 13.5 Å². The van der Waals surface area contributed by atoms with Crippen LogP contribution < -0.4 is 0 Å². The van der Waals surface area contributed by atoms with E-state index in [0.29, 0.717) is 17.8 Å². The zero-order valence-electron chi connectivity index (χ0n) is 12.8. The highest BCUT2D eigenvalue weighted by Crippen LogP contribution is 2.33. The lowest BCUT2D eigenvalue weighted by molar-refractivity contribution is 0.0194. The van der Waals surface area contributed by atoms with Gasteiger partial charge in [0.1, 0.15) is 0 Å². The molecule has 7 nitrogen and oxygen atoms in total. The summed E-state index contributed by atoms with van der Waals surface area (Å²) in [6.45, 7) is 2.05. The SMILES string of the molecule is CCc1noc([C@]2(O)CCN(S(=O)(=O)Cc3ccccc3)C2)n1. The minimum atomic E-state index is -3.51. The van der Waals surface area contributed by atoms with E-state index in [0.717, 1.165) is 0 Å². The summed E-state index contributed by atoms with van der Waals surface area (Å²) in [6, 6.07) is 8.98. The number of aromatic nitrogens is 2. The van der Waals surface area contributed by atoms with Gasteiger partial charge in [0.05, 0.1) is 12.3 Å². The molecule has 1 atom stereocenters. The quantitative estimate of drug-likeness (QED) is 0.876. The number of benzene rings is 1. The van der Waals surface area contributed by atoms with Crippen molar-refractivity contribution in [3.8, 4) is 0 Å². The topological polar surface area (TPSA) is 96.5 Å². The molecule has 0 bridgehead atoms. The molecule has 1 N–H and O–H groups in total. The van der Waals surface area contributed by atoms with E-state index in [2.05, 4.69) is 10.1 Å². The molecule has 8 heteroatoms. The molecule has 124 valence electrons. The number of β-amino-alcohol motifs (C(OH)–C–C–N with tert-alkyl or cyclic N) is 1. The van der Waals surface area contributed by atoms with Gasteiger partial charge in [-0.25, -0.2) is 8.42 Å². The zero-order chi connectivity index (χ0) is 16.5. The van der Waals surface area contributed by atoms with E-state index in [1.807, 2.05) is 13.0 Å². The van der Waals surface area contributed by atoms with Gasteiger partial charge in [-0.05, 0) is 5.56 Å². The number of nitrogens with zero attached hydrogens (tertiary/aromatic N) is 3. The first kappa shape index (κ1) is 16.1. The van der Waals surface area contributed by atoms with E-state index < -0.39 is 15.6 Å². The molecule has 1 saturated heterocycles. The van der Waals surface area contributed by atoms with Crippen LogP contribution in [-0.2, 0) is 27.8 Å². The average molecular weight is 337 g/mol. The van der Waals surface area contributed by atoms with Gasteiger partial charge in [0.15, 0.2) is 11.4 Å². The number of aryl methyl sites for hydroxylation is 1. The molecule has 1 aromatic heterocycles. The molecular formula is C15H19N3O4S. The van der Waals surface area contributed by atoms with Crippen LogP contribution in [0.5, 0.6) is 0 Å². The highest BCUT2D eigenvalue weighted by molar-refractivity contribution is 7.88. The monoisotopic (exact) mass is 337 g/mol. The van der Waals surface area contributed by atoms with Crippen molar-refractivity contribution in [1.29, 1.82) is 0 Å². The molecule has 0 radical (unpaired) electrons. The Morgan fingerprint density at radius 2 is 2.09 bits per heavy atom. The van der Waals surface area contributed by atoms with Crippen LogP contribution in [0.3, 0.4) is 0 Å². The summed E-state index contributed by atoms with van der Waals surface area (Å²) in [5, 5.41) is 14.4. The van der Waals surface area contributed by atoms with Crippen molar-refractivity contribution in [1.82, 2.24) is 14.4 Å². The third kappa shape index (κ3) is 3.29. The Hall–Kier alpha value is -1.77. The predicted octanol–water partition coefficient (Wildman–Crippen LogP) is 1.06. The fraction of sp³-hybridized carbons (Fsp3) is 0.467. The van der Waals surface area contributed by atoms with Crippen LogP contribution in [0, 0.1) is 0 Å². The van der Waals surface area contributed by atoms with Gasteiger partial charge < -0.3 is 9.63 Å².